The minimum absolute atomic E-state index is 0.177. The van der Waals surface area contributed by atoms with Crippen LogP contribution in [0, 0.1) is 0 Å². The molecule has 0 N–H and O–H groups in total. The third-order valence-corrected chi connectivity index (χ3v) is 6.77. The Balaban J connectivity index is 1.24. The summed E-state index contributed by atoms with van der Waals surface area (Å²) in [5.41, 5.74) is 1.59. The molecule has 8 heteroatoms. The van der Waals surface area contributed by atoms with Crippen molar-refractivity contribution >= 4 is 0 Å². The maximum atomic E-state index is 5.86. The lowest BCUT2D eigenvalue weighted by Crippen LogP contribution is -1.97. The third-order valence-electron chi connectivity index (χ3n) is 6.77. The van der Waals surface area contributed by atoms with E-state index in [4.69, 9.17) is 18.3 Å². The number of ether oxygens (including phenoxy) is 2. The summed E-state index contributed by atoms with van der Waals surface area (Å²) >= 11 is 0. The van der Waals surface area contributed by atoms with Crippen molar-refractivity contribution in [3.8, 4) is 46.2 Å². The molecular weight excluding hydrogens is 504 g/mol. The van der Waals surface area contributed by atoms with E-state index in [-0.39, 0.29) is 11.8 Å². The normalized spacial score (nSPS) is 11.2. The fourth-order valence-corrected chi connectivity index (χ4v) is 4.38. The highest BCUT2D eigenvalue weighted by atomic mass is 16.5. The summed E-state index contributed by atoms with van der Waals surface area (Å²) in [5, 5.41) is 16.5. The smallest absolute Gasteiger partial charge is 0.306 e. The van der Waals surface area contributed by atoms with Crippen molar-refractivity contribution in [2.24, 2.45) is 0 Å². The Morgan fingerprint density at radius 3 is 1.20 bits per heavy atom. The lowest BCUT2D eigenvalue weighted by molar-refractivity contribution is 0.304. The predicted octanol–water partition coefficient (Wildman–Crippen LogP) is 8.93. The summed E-state index contributed by atoms with van der Waals surface area (Å²) in [5.74, 6) is 2.77. The first-order valence-corrected chi connectivity index (χ1v) is 14.9. The van der Waals surface area contributed by atoms with Crippen LogP contribution < -0.4 is 9.47 Å². The summed E-state index contributed by atoms with van der Waals surface area (Å²) < 4.78 is 23.4. The predicted molar refractivity (Wildman–Crippen MR) is 156 cm³/mol. The second-order valence-corrected chi connectivity index (χ2v) is 10.1. The molecule has 0 aliphatic carbocycles. The molecule has 40 heavy (non-hydrogen) atoms. The number of nitrogens with zero attached hydrogens (tertiary/aromatic N) is 4. The average molecular weight is 547 g/mol. The molecule has 0 aliphatic rings. The molecule has 0 saturated carbocycles. The first-order valence-electron chi connectivity index (χ1n) is 14.9. The van der Waals surface area contributed by atoms with Gasteiger partial charge in [0.15, 0.2) is 0 Å². The molecule has 0 radical (unpaired) electrons. The molecular formula is C32H42N4O4. The molecule has 0 unspecified atom stereocenters. The van der Waals surface area contributed by atoms with Crippen molar-refractivity contribution in [3.63, 3.8) is 0 Å². The molecule has 0 bridgehead atoms. The van der Waals surface area contributed by atoms with Crippen LogP contribution in [0.1, 0.15) is 90.9 Å². The maximum Gasteiger partial charge on any atom is 0.306 e. The Labute approximate surface area is 237 Å². The quantitative estimate of drug-likeness (QED) is 0.108. The average Bonchev–Trinajstić information content (AvgIpc) is 3.68. The fraction of sp³-hybridized carbons (Fsp3) is 0.500. The van der Waals surface area contributed by atoms with E-state index < -0.39 is 0 Å². The van der Waals surface area contributed by atoms with Gasteiger partial charge in [0.1, 0.15) is 11.5 Å². The van der Waals surface area contributed by atoms with Gasteiger partial charge < -0.3 is 18.3 Å². The van der Waals surface area contributed by atoms with Crippen LogP contribution in [0.25, 0.3) is 34.7 Å². The van der Waals surface area contributed by atoms with Gasteiger partial charge in [-0.3, -0.25) is 0 Å². The molecule has 2 aromatic carbocycles. The summed E-state index contributed by atoms with van der Waals surface area (Å²) in [6.07, 6.45) is 14.9. The molecule has 4 rings (SSSR count). The van der Waals surface area contributed by atoms with Crippen molar-refractivity contribution in [3.05, 3.63) is 48.5 Å². The van der Waals surface area contributed by atoms with E-state index in [0.717, 1.165) is 48.7 Å². The van der Waals surface area contributed by atoms with Gasteiger partial charge in [0.05, 0.1) is 13.2 Å². The molecule has 0 spiro atoms. The van der Waals surface area contributed by atoms with Gasteiger partial charge in [-0.15, -0.1) is 20.4 Å². The Hall–Kier alpha value is -3.68. The molecule has 2 aromatic heterocycles. The van der Waals surface area contributed by atoms with Crippen molar-refractivity contribution in [2.75, 3.05) is 13.2 Å². The first-order chi connectivity index (χ1) is 19.8. The van der Waals surface area contributed by atoms with E-state index in [1.807, 2.05) is 48.5 Å². The molecule has 4 aromatic rings. The van der Waals surface area contributed by atoms with Crippen molar-refractivity contribution < 1.29 is 18.3 Å². The van der Waals surface area contributed by atoms with Crippen LogP contribution in [0.5, 0.6) is 11.5 Å². The van der Waals surface area contributed by atoms with Crippen LogP contribution >= 0.6 is 0 Å². The van der Waals surface area contributed by atoms with Crippen LogP contribution in [0.2, 0.25) is 0 Å². The summed E-state index contributed by atoms with van der Waals surface area (Å²) in [6.45, 7) is 5.92. The summed E-state index contributed by atoms with van der Waals surface area (Å²) in [7, 11) is 0. The number of unbranched alkanes of at least 4 members (excludes halogenated alkanes) is 10. The molecule has 2 heterocycles. The number of aromatic nitrogens is 4. The van der Waals surface area contributed by atoms with Gasteiger partial charge in [0.25, 0.3) is 0 Å². The largest absolute Gasteiger partial charge is 0.494 e. The molecule has 214 valence electrons. The Morgan fingerprint density at radius 2 is 0.800 bits per heavy atom. The molecule has 0 fully saturated rings. The molecule has 0 saturated heterocycles. The topological polar surface area (TPSA) is 96.3 Å². The standard InChI is InChI=1S/C32H42N4O4/c1-3-5-7-9-11-13-23-37-27-19-15-25(16-20-27)29-33-35-31(39-29)32-36-34-30(40-32)26-17-21-28(22-18-26)38-24-14-12-10-8-6-4-2/h15-22H,3-14,23-24H2,1-2H3. The highest BCUT2D eigenvalue weighted by Crippen LogP contribution is 2.28. The highest BCUT2D eigenvalue weighted by Gasteiger charge is 2.18. The van der Waals surface area contributed by atoms with Gasteiger partial charge in [-0.2, -0.15) is 0 Å². The highest BCUT2D eigenvalue weighted by molar-refractivity contribution is 5.57. The Bertz CT molecular complexity index is 1140. The fourth-order valence-electron chi connectivity index (χ4n) is 4.38. The van der Waals surface area contributed by atoms with Crippen LogP contribution in [-0.4, -0.2) is 33.6 Å². The number of hydrogen-bond donors (Lipinski definition) is 0. The molecule has 8 nitrogen and oxygen atoms in total. The lowest BCUT2D eigenvalue weighted by atomic mass is 10.1. The van der Waals surface area contributed by atoms with Crippen molar-refractivity contribution in [1.29, 1.82) is 0 Å². The monoisotopic (exact) mass is 546 g/mol. The van der Waals surface area contributed by atoms with Gasteiger partial charge in [0, 0.05) is 11.1 Å². The minimum atomic E-state index is 0.177. The van der Waals surface area contributed by atoms with Crippen LogP contribution in [0.4, 0.5) is 0 Å². The van der Waals surface area contributed by atoms with Crippen LogP contribution in [-0.2, 0) is 0 Å². The van der Waals surface area contributed by atoms with E-state index in [1.54, 1.807) is 0 Å². The van der Waals surface area contributed by atoms with Gasteiger partial charge >= 0.3 is 11.8 Å². The zero-order valence-corrected chi connectivity index (χ0v) is 23.9. The van der Waals surface area contributed by atoms with E-state index in [2.05, 4.69) is 34.2 Å². The first kappa shape index (κ1) is 29.3. The zero-order chi connectivity index (χ0) is 27.8. The number of benzene rings is 2. The van der Waals surface area contributed by atoms with Gasteiger partial charge in [-0.25, -0.2) is 0 Å². The Morgan fingerprint density at radius 1 is 0.450 bits per heavy atom. The molecule has 0 amide bonds. The number of hydrogen-bond acceptors (Lipinski definition) is 8. The minimum Gasteiger partial charge on any atom is -0.494 e. The van der Waals surface area contributed by atoms with E-state index >= 15 is 0 Å². The van der Waals surface area contributed by atoms with Gasteiger partial charge in [-0.1, -0.05) is 78.1 Å². The van der Waals surface area contributed by atoms with E-state index in [1.165, 1.54) is 64.2 Å². The van der Waals surface area contributed by atoms with E-state index in [0.29, 0.717) is 11.8 Å². The Kier molecular flexibility index (Phi) is 12.0. The SMILES string of the molecule is CCCCCCCCOc1ccc(-c2nnc(-c3nnc(-c4ccc(OCCCCCCCC)cc4)o3)o2)cc1. The van der Waals surface area contributed by atoms with Crippen molar-refractivity contribution in [1.82, 2.24) is 20.4 Å². The second kappa shape index (κ2) is 16.4. The maximum absolute atomic E-state index is 5.86. The van der Waals surface area contributed by atoms with Crippen molar-refractivity contribution in [2.45, 2.75) is 90.9 Å². The molecule has 0 aliphatic heterocycles. The van der Waals surface area contributed by atoms with Crippen LogP contribution in [0.15, 0.2) is 57.4 Å². The van der Waals surface area contributed by atoms with Crippen LogP contribution in [0.3, 0.4) is 0 Å². The third kappa shape index (κ3) is 9.21. The van der Waals surface area contributed by atoms with E-state index in [9.17, 15) is 0 Å². The number of rotatable bonds is 19. The summed E-state index contributed by atoms with van der Waals surface area (Å²) in [4.78, 5) is 0. The lowest BCUT2D eigenvalue weighted by Gasteiger charge is -2.06. The summed E-state index contributed by atoms with van der Waals surface area (Å²) in [6, 6.07) is 15.3. The van der Waals surface area contributed by atoms with Gasteiger partial charge in [-0.05, 0) is 61.4 Å². The molecule has 0 atom stereocenters. The second-order valence-electron chi connectivity index (χ2n) is 10.1. The zero-order valence-electron chi connectivity index (χ0n) is 23.9. The van der Waals surface area contributed by atoms with Gasteiger partial charge in [0.2, 0.25) is 11.8 Å².